The standard InChI is InChI=1S/3C7H7.2C2H4O2.Bi/c3*1-7-5-3-2-4-6-7;2*1-2(3)4;/h3*2-5H,1H3;2*1H3,(H,3,4);. The molecule has 0 saturated carbocycles. The molecule has 3 rings (SSSR count). The third-order valence-corrected chi connectivity index (χ3v) is 15.5. The predicted molar refractivity (Wildman–Crippen MR) is 125 cm³/mol. The summed E-state index contributed by atoms with van der Waals surface area (Å²) in [6.07, 6.45) is 0. The third-order valence-electron chi connectivity index (χ3n) is 4.07. The summed E-state index contributed by atoms with van der Waals surface area (Å²) >= 11 is -2.23. The van der Waals surface area contributed by atoms with E-state index < -0.39 is 33.7 Å². The number of carboxylic acid groups (broad SMARTS) is 2. The topological polar surface area (TPSA) is 74.6 Å². The molecule has 158 valence electrons. The average molecular weight is 602 g/mol. The molecule has 0 aliphatic rings. The van der Waals surface area contributed by atoms with Crippen LogP contribution in [-0.4, -0.2) is 43.9 Å². The molecule has 0 spiro atoms. The fourth-order valence-electron chi connectivity index (χ4n) is 2.83. The van der Waals surface area contributed by atoms with Crippen molar-refractivity contribution in [3.05, 3.63) is 89.5 Å². The van der Waals surface area contributed by atoms with E-state index in [0.717, 1.165) is 13.8 Å². The second-order valence-electron chi connectivity index (χ2n) is 6.73. The Labute approximate surface area is 186 Å². The van der Waals surface area contributed by atoms with Crippen molar-refractivity contribution in [2.24, 2.45) is 0 Å². The maximum absolute atomic E-state index is 9.00. The minimum atomic E-state index is -2.23. The summed E-state index contributed by atoms with van der Waals surface area (Å²) in [6, 6.07) is 26.9. The van der Waals surface area contributed by atoms with Gasteiger partial charge in [-0.2, -0.15) is 0 Å². The van der Waals surface area contributed by atoms with Gasteiger partial charge in [0.2, 0.25) is 0 Å². The van der Waals surface area contributed by atoms with E-state index in [9.17, 15) is 0 Å². The van der Waals surface area contributed by atoms with Gasteiger partial charge in [0.15, 0.2) is 0 Å². The molecule has 4 nitrogen and oxygen atoms in total. The van der Waals surface area contributed by atoms with Crippen LogP contribution < -0.4 is 9.81 Å². The molecule has 0 aliphatic carbocycles. The maximum atomic E-state index is 9.00. The van der Waals surface area contributed by atoms with Crippen molar-refractivity contribution < 1.29 is 19.8 Å². The molecule has 5 heteroatoms. The van der Waals surface area contributed by atoms with Gasteiger partial charge < -0.3 is 10.2 Å². The van der Waals surface area contributed by atoms with Crippen molar-refractivity contribution >= 4 is 43.5 Å². The second kappa shape index (κ2) is 12.9. The van der Waals surface area contributed by atoms with Gasteiger partial charge in [-0.05, 0) is 0 Å². The van der Waals surface area contributed by atoms with Gasteiger partial charge in [0.05, 0.1) is 0 Å². The third kappa shape index (κ3) is 8.46. The van der Waals surface area contributed by atoms with Crippen molar-refractivity contribution in [1.82, 2.24) is 0 Å². The number of carbonyl (C=O) groups is 2. The summed E-state index contributed by atoms with van der Waals surface area (Å²) in [5.41, 5.74) is 4.31. The van der Waals surface area contributed by atoms with E-state index in [-0.39, 0.29) is 0 Å². The molecule has 0 aliphatic heterocycles. The Morgan fingerprint density at radius 2 is 0.767 bits per heavy atom. The molecule has 0 amide bonds. The molecule has 30 heavy (non-hydrogen) atoms. The van der Waals surface area contributed by atoms with Gasteiger partial charge in [-0.15, -0.1) is 0 Å². The number of hydrogen-bond acceptors (Lipinski definition) is 2. The fraction of sp³-hybridized carbons (Fsp3) is 0.200. The predicted octanol–water partition coefficient (Wildman–Crippen LogP) is 3.31. The van der Waals surface area contributed by atoms with Gasteiger partial charge in [-0.1, -0.05) is 0 Å². The van der Waals surface area contributed by atoms with Crippen LogP contribution >= 0.6 is 0 Å². The summed E-state index contributed by atoms with van der Waals surface area (Å²) in [5.74, 6) is -1.67. The molecule has 0 bridgehead atoms. The van der Waals surface area contributed by atoms with Crippen molar-refractivity contribution in [3.63, 3.8) is 0 Å². The average Bonchev–Trinajstić information content (AvgIpc) is 2.65. The van der Waals surface area contributed by atoms with Crippen molar-refractivity contribution in [3.8, 4) is 0 Å². The van der Waals surface area contributed by atoms with E-state index in [1.807, 2.05) is 0 Å². The van der Waals surface area contributed by atoms with Gasteiger partial charge >= 0.3 is 142 Å². The minimum absolute atomic E-state index is 0.833. The van der Waals surface area contributed by atoms with E-state index in [1.54, 1.807) is 9.81 Å². The van der Waals surface area contributed by atoms with E-state index in [2.05, 4.69) is 93.6 Å². The second-order valence-corrected chi connectivity index (χ2v) is 15.0. The van der Waals surface area contributed by atoms with Crippen LogP contribution in [0.4, 0.5) is 0 Å². The van der Waals surface area contributed by atoms with Gasteiger partial charge in [0.25, 0.3) is 11.9 Å². The molecule has 0 aromatic heterocycles. The Balaban J connectivity index is 0.000000485. The van der Waals surface area contributed by atoms with E-state index >= 15 is 0 Å². The first kappa shape index (κ1) is 25.5. The van der Waals surface area contributed by atoms with Gasteiger partial charge in [-0.3, -0.25) is 9.59 Å². The number of hydrogen-bond donors (Lipinski definition) is 2. The molecular formula is C25H29BiO4. The first-order valence-corrected chi connectivity index (χ1v) is 14.7. The number of aliphatic carboxylic acids is 2. The SMILES string of the molecule is CC(=O)O.CC(=O)O.Cc1cccc[c]1[Bi]([c]1ccccc1C)[c]1ccccc1C. The zero-order valence-electron chi connectivity index (χ0n) is 18.1. The van der Waals surface area contributed by atoms with Crippen molar-refractivity contribution in [1.29, 1.82) is 0 Å². The van der Waals surface area contributed by atoms with Gasteiger partial charge in [0, 0.05) is 13.8 Å². The zero-order chi connectivity index (χ0) is 22.7. The number of benzene rings is 3. The molecule has 0 unspecified atom stereocenters. The molecule has 3 aromatic rings. The van der Waals surface area contributed by atoms with Crippen LogP contribution in [0.2, 0.25) is 0 Å². The fourth-order valence-corrected chi connectivity index (χ4v) is 13.6. The molecule has 0 radical (unpaired) electrons. The Hall–Kier alpha value is -2.52. The Morgan fingerprint density at radius 3 is 0.967 bits per heavy atom. The summed E-state index contributed by atoms with van der Waals surface area (Å²) in [5, 5.41) is 14.8. The van der Waals surface area contributed by atoms with E-state index in [0.29, 0.717) is 0 Å². The van der Waals surface area contributed by atoms with Crippen LogP contribution in [0.3, 0.4) is 0 Å². The van der Waals surface area contributed by atoms with Crippen LogP contribution in [0.5, 0.6) is 0 Å². The van der Waals surface area contributed by atoms with Crippen LogP contribution in [-0.2, 0) is 9.59 Å². The van der Waals surface area contributed by atoms with Crippen molar-refractivity contribution in [2.75, 3.05) is 0 Å². The normalized spacial score (nSPS) is 9.67. The molecule has 3 aromatic carbocycles. The quantitative estimate of drug-likeness (QED) is 0.452. The van der Waals surface area contributed by atoms with Crippen molar-refractivity contribution in [2.45, 2.75) is 34.6 Å². The molecule has 0 atom stereocenters. The Bertz CT molecular complexity index is 854. The van der Waals surface area contributed by atoms with Gasteiger partial charge in [0.1, 0.15) is 0 Å². The first-order valence-electron chi connectivity index (χ1n) is 9.51. The van der Waals surface area contributed by atoms with Crippen LogP contribution in [0.1, 0.15) is 30.5 Å². The first-order chi connectivity index (χ1) is 14.1. The summed E-state index contributed by atoms with van der Waals surface area (Å²) < 4.78 is 4.79. The zero-order valence-corrected chi connectivity index (χ0v) is 21.6. The molecule has 0 heterocycles. The Kier molecular flexibility index (Phi) is 11.0. The van der Waals surface area contributed by atoms with Crippen LogP contribution in [0.15, 0.2) is 72.8 Å². The molecule has 2 N–H and O–H groups in total. The van der Waals surface area contributed by atoms with Crippen LogP contribution in [0.25, 0.3) is 0 Å². The molecular weight excluding hydrogens is 573 g/mol. The van der Waals surface area contributed by atoms with E-state index in [4.69, 9.17) is 19.8 Å². The monoisotopic (exact) mass is 602 g/mol. The summed E-state index contributed by atoms with van der Waals surface area (Å²) in [7, 11) is 0. The number of rotatable bonds is 3. The number of aryl methyl sites for hydroxylation is 3. The van der Waals surface area contributed by atoms with Gasteiger partial charge in [-0.25, -0.2) is 0 Å². The molecule has 0 saturated heterocycles. The van der Waals surface area contributed by atoms with E-state index in [1.165, 1.54) is 16.7 Å². The van der Waals surface area contributed by atoms with Crippen LogP contribution in [0, 0.1) is 20.8 Å². The Morgan fingerprint density at radius 1 is 0.567 bits per heavy atom. The number of carboxylic acids is 2. The summed E-state index contributed by atoms with van der Waals surface area (Å²) in [6.45, 7) is 8.94. The molecule has 0 fully saturated rings. The summed E-state index contributed by atoms with van der Waals surface area (Å²) in [4.78, 5) is 18.0.